The van der Waals surface area contributed by atoms with E-state index >= 15 is 0 Å². The number of carbonyl (C=O) groups is 2. The molecule has 1 aromatic rings. The van der Waals surface area contributed by atoms with E-state index < -0.39 is 5.54 Å². The number of amides is 1. The Bertz CT molecular complexity index is 610. The van der Waals surface area contributed by atoms with Crippen LogP contribution in [0.15, 0.2) is 12.1 Å². The van der Waals surface area contributed by atoms with Crippen molar-refractivity contribution in [2.24, 2.45) is 5.92 Å². The van der Waals surface area contributed by atoms with Gasteiger partial charge in [-0.2, -0.15) is 0 Å². The standard InChI is InChI=1S/C18H25ClN2O3/c1-4-15(22)18(5-2,6-3)21-16(23)14-10-9-13(19)17(20-14)24-11-12-7-8-12/h9-10,12H,4-8,11H2,1-3H3,(H,21,23). The second kappa shape index (κ2) is 7.97. The van der Waals surface area contributed by atoms with Gasteiger partial charge in [0, 0.05) is 6.42 Å². The molecular weight excluding hydrogens is 328 g/mol. The maximum Gasteiger partial charge on any atom is 0.270 e. The van der Waals surface area contributed by atoms with Gasteiger partial charge < -0.3 is 10.1 Å². The molecule has 1 N–H and O–H groups in total. The van der Waals surface area contributed by atoms with Crippen LogP contribution in [-0.2, 0) is 4.79 Å². The second-order valence-electron chi connectivity index (χ2n) is 6.26. The molecule has 1 aromatic heterocycles. The lowest BCUT2D eigenvalue weighted by atomic mass is 9.86. The Labute approximate surface area is 148 Å². The van der Waals surface area contributed by atoms with Crippen LogP contribution in [0.3, 0.4) is 0 Å². The average molecular weight is 353 g/mol. The van der Waals surface area contributed by atoms with E-state index in [0.29, 0.717) is 36.8 Å². The minimum atomic E-state index is -0.845. The molecule has 1 saturated carbocycles. The number of rotatable bonds is 9. The van der Waals surface area contributed by atoms with E-state index in [1.54, 1.807) is 19.1 Å². The summed E-state index contributed by atoms with van der Waals surface area (Å²) in [4.78, 5) is 29.1. The number of nitrogens with zero attached hydrogens (tertiary/aromatic N) is 1. The molecule has 5 nitrogen and oxygen atoms in total. The molecule has 1 fully saturated rings. The molecule has 0 bridgehead atoms. The fourth-order valence-corrected chi connectivity index (χ4v) is 2.80. The van der Waals surface area contributed by atoms with Gasteiger partial charge in [-0.25, -0.2) is 4.98 Å². The van der Waals surface area contributed by atoms with Crippen LogP contribution in [0.25, 0.3) is 0 Å². The Morgan fingerprint density at radius 3 is 2.50 bits per heavy atom. The number of Topliss-reactive ketones (excluding diaryl/α,β-unsaturated/α-hetero) is 1. The summed E-state index contributed by atoms with van der Waals surface area (Å²) in [6, 6.07) is 3.15. The Balaban J connectivity index is 2.15. The van der Waals surface area contributed by atoms with Gasteiger partial charge in [-0.15, -0.1) is 0 Å². The van der Waals surface area contributed by atoms with Crippen LogP contribution in [0, 0.1) is 5.92 Å². The summed E-state index contributed by atoms with van der Waals surface area (Å²) < 4.78 is 5.61. The monoisotopic (exact) mass is 352 g/mol. The van der Waals surface area contributed by atoms with Crippen LogP contribution < -0.4 is 10.1 Å². The first-order valence-corrected chi connectivity index (χ1v) is 8.98. The molecule has 132 valence electrons. The molecule has 0 unspecified atom stereocenters. The summed E-state index contributed by atoms with van der Waals surface area (Å²) in [5.74, 6) is 0.487. The van der Waals surface area contributed by atoms with Crippen LogP contribution in [0.5, 0.6) is 5.88 Å². The normalized spacial score (nSPS) is 14.3. The molecule has 1 heterocycles. The maximum atomic E-state index is 12.6. The predicted octanol–water partition coefficient (Wildman–Crippen LogP) is 3.79. The molecular formula is C18H25ClN2O3. The van der Waals surface area contributed by atoms with Gasteiger partial charge in [-0.05, 0) is 43.7 Å². The van der Waals surface area contributed by atoms with Crippen LogP contribution in [0.4, 0.5) is 0 Å². The van der Waals surface area contributed by atoms with Crippen molar-refractivity contribution in [3.05, 3.63) is 22.8 Å². The van der Waals surface area contributed by atoms with E-state index in [2.05, 4.69) is 10.3 Å². The van der Waals surface area contributed by atoms with Gasteiger partial charge in [0.15, 0.2) is 5.78 Å². The number of pyridine rings is 1. The van der Waals surface area contributed by atoms with Crippen molar-refractivity contribution >= 4 is 23.3 Å². The van der Waals surface area contributed by atoms with Crippen LogP contribution >= 0.6 is 11.6 Å². The van der Waals surface area contributed by atoms with E-state index in [9.17, 15) is 9.59 Å². The summed E-state index contributed by atoms with van der Waals surface area (Å²) in [6.45, 7) is 6.17. The number of hydrogen-bond donors (Lipinski definition) is 1. The lowest BCUT2D eigenvalue weighted by molar-refractivity contribution is -0.125. The minimum absolute atomic E-state index is 0.0278. The van der Waals surface area contributed by atoms with Crippen molar-refractivity contribution in [3.8, 4) is 5.88 Å². The second-order valence-corrected chi connectivity index (χ2v) is 6.67. The molecule has 0 spiro atoms. The summed E-state index contributed by atoms with van der Waals surface area (Å²) in [6.07, 6.45) is 3.78. The molecule has 0 aromatic carbocycles. The van der Waals surface area contributed by atoms with E-state index in [1.807, 2.05) is 13.8 Å². The van der Waals surface area contributed by atoms with Gasteiger partial charge in [0.1, 0.15) is 10.7 Å². The minimum Gasteiger partial charge on any atom is -0.476 e. The molecule has 2 rings (SSSR count). The molecule has 0 atom stereocenters. The van der Waals surface area contributed by atoms with Crippen molar-refractivity contribution in [2.45, 2.75) is 58.4 Å². The Morgan fingerprint density at radius 2 is 1.96 bits per heavy atom. The zero-order valence-electron chi connectivity index (χ0n) is 14.5. The van der Waals surface area contributed by atoms with Crippen LogP contribution in [0.2, 0.25) is 5.02 Å². The van der Waals surface area contributed by atoms with Crippen LogP contribution in [0.1, 0.15) is 63.4 Å². The first-order valence-electron chi connectivity index (χ1n) is 8.60. The molecule has 0 aliphatic heterocycles. The van der Waals surface area contributed by atoms with Gasteiger partial charge in [-0.1, -0.05) is 32.4 Å². The fourth-order valence-electron chi connectivity index (χ4n) is 2.64. The Morgan fingerprint density at radius 1 is 1.29 bits per heavy atom. The number of ketones is 1. The third-order valence-corrected chi connectivity index (χ3v) is 4.90. The molecule has 24 heavy (non-hydrogen) atoms. The summed E-state index contributed by atoms with van der Waals surface area (Å²) in [7, 11) is 0. The Kier molecular flexibility index (Phi) is 6.21. The van der Waals surface area contributed by atoms with Crippen LogP contribution in [-0.4, -0.2) is 28.8 Å². The molecule has 1 aliphatic carbocycles. The van der Waals surface area contributed by atoms with Gasteiger partial charge >= 0.3 is 0 Å². The first-order chi connectivity index (χ1) is 11.5. The van der Waals surface area contributed by atoms with Crippen molar-refractivity contribution < 1.29 is 14.3 Å². The number of ether oxygens (including phenoxy) is 1. The maximum absolute atomic E-state index is 12.6. The molecule has 1 amide bonds. The summed E-state index contributed by atoms with van der Waals surface area (Å²) in [5.41, 5.74) is -0.636. The Hall–Kier alpha value is -1.62. The third-order valence-electron chi connectivity index (χ3n) is 4.61. The van der Waals surface area contributed by atoms with Gasteiger partial charge in [-0.3, -0.25) is 9.59 Å². The first kappa shape index (κ1) is 18.7. The number of hydrogen-bond acceptors (Lipinski definition) is 4. The zero-order valence-corrected chi connectivity index (χ0v) is 15.3. The highest BCUT2D eigenvalue weighted by Crippen LogP contribution is 2.31. The number of nitrogens with one attached hydrogen (secondary N) is 1. The van der Waals surface area contributed by atoms with Gasteiger partial charge in [0.2, 0.25) is 5.88 Å². The SMILES string of the molecule is CCC(=O)C(CC)(CC)NC(=O)c1ccc(Cl)c(OCC2CC2)n1. The smallest absolute Gasteiger partial charge is 0.270 e. The van der Waals surface area contributed by atoms with Crippen molar-refractivity contribution in [2.75, 3.05) is 6.61 Å². The molecule has 1 aliphatic rings. The fraction of sp³-hybridized carbons (Fsp3) is 0.611. The van der Waals surface area contributed by atoms with Crippen molar-refractivity contribution in [3.63, 3.8) is 0 Å². The number of halogens is 1. The highest BCUT2D eigenvalue weighted by atomic mass is 35.5. The van der Waals surface area contributed by atoms with Gasteiger partial charge in [0.05, 0.1) is 12.1 Å². The van der Waals surface area contributed by atoms with E-state index in [1.165, 1.54) is 0 Å². The molecule has 6 heteroatoms. The average Bonchev–Trinajstić information content (AvgIpc) is 3.42. The lowest BCUT2D eigenvalue weighted by Gasteiger charge is -2.31. The van der Waals surface area contributed by atoms with Gasteiger partial charge in [0.25, 0.3) is 5.91 Å². The van der Waals surface area contributed by atoms with Crippen molar-refractivity contribution in [1.82, 2.24) is 10.3 Å². The zero-order chi connectivity index (χ0) is 17.7. The highest BCUT2D eigenvalue weighted by molar-refractivity contribution is 6.31. The number of carbonyl (C=O) groups excluding carboxylic acids is 2. The summed E-state index contributed by atoms with van der Waals surface area (Å²) in [5, 5.41) is 3.25. The van der Waals surface area contributed by atoms with Crippen molar-refractivity contribution in [1.29, 1.82) is 0 Å². The van der Waals surface area contributed by atoms with E-state index in [0.717, 1.165) is 12.8 Å². The largest absolute Gasteiger partial charge is 0.476 e. The van der Waals surface area contributed by atoms with E-state index in [-0.39, 0.29) is 23.3 Å². The predicted molar refractivity (Wildman–Crippen MR) is 93.5 cm³/mol. The van der Waals surface area contributed by atoms with E-state index in [4.69, 9.17) is 16.3 Å². The lowest BCUT2D eigenvalue weighted by Crippen LogP contribution is -2.53. The quantitative estimate of drug-likeness (QED) is 0.734. The molecule has 0 radical (unpaired) electrons. The summed E-state index contributed by atoms with van der Waals surface area (Å²) >= 11 is 6.09. The third kappa shape index (κ3) is 4.26. The highest BCUT2D eigenvalue weighted by Gasteiger charge is 2.35. The molecule has 0 saturated heterocycles. The topological polar surface area (TPSA) is 68.3 Å². The number of aromatic nitrogens is 1.